The summed E-state index contributed by atoms with van der Waals surface area (Å²) in [5.41, 5.74) is 5.09. The normalized spacial score (nSPS) is 13.8. The second-order valence-electron chi connectivity index (χ2n) is 6.62. The van der Waals surface area contributed by atoms with Crippen molar-refractivity contribution in [1.29, 1.82) is 0 Å². The first kappa shape index (κ1) is 15.0. The average molecular weight is 342 g/mol. The maximum absolute atomic E-state index is 12.9. The highest BCUT2D eigenvalue weighted by atomic mass is 16.2. The number of para-hydroxylation sites is 1. The molecule has 128 valence electrons. The first-order valence-electron chi connectivity index (χ1n) is 8.77. The number of carbonyl (C=O) groups excluding carboxylic acids is 1. The van der Waals surface area contributed by atoms with Gasteiger partial charge < -0.3 is 9.88 Å². The van der Waals surface area contributed by atoms with Gasteiger partial charge >= 0.3 is 0 Å². The number of nitrogens with zero attached hydrogens (tertiary/aromatic N) is 3. The topological polar surface area (TPSA) is 53.9 Å². The maximum Gasteiger partial charge on any atom is 0.254 e. The van der Waals surface area contributed by atoms with E-state index in [2.05, 4.69) is 22.2 Å². The lowest BCUT2D eigenvalue weighted by atomic mass is 10.1. The van der Waals surface area contributed by atoms with Crippen LogP contribution in [0.15, 0.2) is 67.0 Å². The Morgan fingerprint density at radius 1 is 1.08 bits per heavy atom. The van der Waals surface area contributed by atoms with E-state index in [1.54, 1.807) is 0 Å². The number of carbonyl (C=O) groups is 1. The van der Waals surface area contributed by atoms with Gasteiger partial charge in [0.25, 0.3) is 5.91 Å². The molecule has 0 saturated carbocycles. The molecule has 0 unspecified atom stereocenters. The third-order valence-corrected chi connectivity index (χ3v) is 5.03. The Kier molecular flexibility index (Phi) is 3.38. The van der Waals surface area contributed by atoms with Crippen LogP contribution in [0.2, 0.25) is 0 Å². The molecule has 4 aromatic rings. The molecular formula is C21H18N4O. The van der Waals surface area contributed by atoms with Crippen molar-refractivity contribution in [3.05, 3.63) is 83.8 Å². The fourth-order valence-electron chi connectivity index (χ4n) is 3.66. The van der Waals surface area contributed by atoms with Crippen LogP contribution >= 0.6 is 0 Å². The molecule has 26 heavy (non-hydrogen) atoms. The molecule has 0 bridgehead atoms. The lowest BCUT2D eigenvalue weighted by Gasteiger charge is -2.27. The number of fused-ring (bicyclic) bond motifs is 2. The van der Waals surface area contributed by atoms with Crippen molar-refractivity contribution < 1.29 is 4.79 Å². The van der Waals surface area contributed by atoms with Gasteiger partial charge in [0.2, 0.25) is 0 Å². The number of hydrogen-bond acceptors (Lipinski definition) is 2. The number of benzene rings is 2. The van der Waals surface area contributed by atoms with Gasteiger partial charge in [-0.3, -0.25) is 4.79 Å². The third kappa shape index (κ3) is 2.40. The molecule has 5 nitrogen and oxygen atoms in total. The van der Waals surface area contributed by atoms with Gasteiger partial charge in [-0.2, -0.15) is 5.10 Å². The van der Waals surface area contributed by atoms with E-state index in [0.717, 1.165) is 34.1 Å². The van der Waals surface area contributed by atoms with Crippen LogP contribution in [0.25, 0.3) is 16.6 Å². The Morgan fingerprint density at radius 2 is 1.96 bits per heavy atom. The molecule has 0 radical (unpaired) electrons. The van der Waals surface area contributed by atoms with E-state index in [1.165, 1.54) is 5.69 Å². The van der Waals surface area contributed by atoms with Crippen LogP contribution in [0.4, 0.5) is 0 Å². The molecule has 2 aromatic carbocycles. The number of H-pyrrole nitrogens is 1. The molecule has 0 fully saturated rings. The summed E-state index contributed by atoms with van der Waals surface area (Å²) in [5, 5.41) is 5.66. The highest BCUT2D eigenvalue weighted by Crippen LogP contribution is 2.24. The summed E-state index contributed by atoms with van der Waals surface area (Å²) in [5.74, 6) is 0.0691. The lowest BCUT2D eigenvalue weighted by Crippen LogP contribution is -2.36. The van der Waals surface area contributed by atoms with Crippen LogP contribution in [0.1, 0.15) is 21.6 Å². The van der Waals surface area contributed by atoms with Crippen molar-refractivity contribution in [2.45, 2.75) is 13.0 Å². The molecule has 0 atom stereocenters. The maximum atomic E-state index is 12.9. The Balaban J connectivity index is 1.42. The van der Waals surface area contributed by atoms with E-state index in [1.807, 2.05) is 64.4 Å². The van der Waals surface area contributed by atoms with Crippen LogP contribution < -0.4 is 0 Å². The molecule has 1 aliphatic rings. The smallest absolute Gasteiger partial charge is 0.254 e. The number of aromatic nitrogens is 3. The van der Waals surface area contributed by atoms with Crippen LogP contribution in [-0.4, -0.2) is 32.1 Å². The SMILES string of the molecule is O=C(c1ccc2cc[nH]c2c1)N1CCc2c(cnn2-c2ccccc2)C1. The Hall–Kier alpha value is -3.34. The lowest BCUT2D eigenvalue weighted by molar-refractivity contribution is 0.0734. The van der Waals surface area contributed by atoms with Gasteiger partial charge in [0.05, 0.1) is 17.6 Å². The second kappa shape index (κ2) is 5.88. The first-order chi connectivity index (χ1) is 12.8. The summed E-state index contributed by atoms with van der Waals surface area (Å²) in [6.07, 6.45) is 4.58. The largest absolute Gasteiger partial charge is 0.361 e. The van der Waals surface area contributed by atoms with Crippen molar-refractivity contribution in [1.82, 2.24) is 19.7 Å². The minimum atomic E-state index is 0.0691. The number of nitrogens with one attached hydrogen (secondary N) is 1. The van der Waals surface area contributed by atoms with E-state index in [4.69, 9.17) is 0 Å². The standard InChI is InChI=1S/C21H18N4O/c26-21(16-7-6-15-8-10-22-19(15)12-16)24-11-9-20-17(14-24)13-23-25(20)18-4-2-1-3-5-18/h1-8,10,12-13,22H,9,11,14H2. The predicted octanol–water partition coefficient (Wildman–Crippen LogP) is 3.55. The molecule has 5 rings (SSSR count). The summed E-state index contributed by atoms with van der Waals surface area (Å²) in [7, 11) is 0. The Morgan fingerprint density at radius 3 is 2.85 bits per heavy atom. The van der Waals surface area contributed by atoms with Crippen LogP contribution in [-0.2, 0) is 13.0 Å². The number of aromatic amines is 1. The van der Waals surface area contributed by atoms with E-state index in [-0.39, 0.29) is 5.91 Å². The third-order valence-electron chi connectivity index (χ3n) is 5.03. The molecule has 2 aromatic heterocycles. The van der Waals surface area contributed by atoms with Crippen LogP contribution in [0, 0.1) is 0 Å². The molecule has 1 N–H and O–H groups in total. The highest BCUT2D eigenvalue weighted by Gasteiger charge is 2.25. The zero-order chi connectivity index (χ0) is 17.5. The van der Waals surface area contributed by atoms with E-state index in [0.29, 0.717) is 13.1 Å². The molecule has 5 heteroatoms. The quantitative estimate of drug-likeness (QED) is 0.606. The monoisotopic (exact) mass is 342 g/mol. The van der Waals surface area contributed by atoms with Gasteiger partial charge in [0, 0.05) is 42.4 Å². The van der Waals surface area contributed by atoms with Gasteiger partial charge in [-0.25, -0.2) is 4.68 Å². The van der Waals surface area contributed by atoms with E-state index >= 15 is 0 Å². The summed E-state index contributed by atoms with van der Waals surface area (Å²) < 4.78 is 1.99. The summed E-state index contributed by atoms with van der Waals surface area (Å²) in [6, 6.07) is 18.0. The van der Waals surface area contributed by atoms with Gasteiger partial charge in [-0.1, -0.05) is 24.3 Å². The van der Waals surface area contributed by atoms with E-state index < -0.39 is 0 Å². The van der Waals surface area contributed by atoms with Crippen molar-refractivity contribution in [3.8, 4) is 5.69 Å². The zero-order valence-corrected chi connectivity index (χ0v) is 14.2. The van der Waals surface area contributed by atoms with Crippen molar-refractivity contribution in [2.24, 2.45) is 0 Å². The van der Waals surface area contributed by atoms with Gasteiger partial charge in [0.15, 0.2) is 0 Å². The van der Waals surface area contributed by atoms with Crippen LogP contribution in [0.5, 0.6) is 0 Å². The second-order valence-corrected chi connectivity index (χ2v) is 6.62. The van der Waals surface area contributed by atoms with Gasteiger partial charge in [-0.05, 0) is 35.7 Å². The number of hydrogen-bond donors (Lipinski definition) is 1. The molecular weight excluding hydrogens is 324 g/mol. The Bertz CT molecular complexity index is 1090. The predicted molar refractivity (Wildman–Crippen MR) is 100 cm³/mol. The molecule has 1 aliphatic heterocycles. The molecule has 3 heterocycles. The van der Waals surface area contributed by atoms with Crippen molar-refractivity contribution >= 4 is 16.8 Å². The average Bonchev–Trinajstić information content (AvgIpc) is 3.33. The number of amides is 1. The molecule has 0 aliphatic carbocycles. The molecule has 0 spiro atoms. The van der Waals surface area contributed by atoms with Crippen molar-refractivity contribution in [2.75, 3.05) is 6.54 Å². The van der Waals surface area contributed by atoms with E-state index in [9.17, 15) is 4.79 Å². The summed E-state index contributed by atoms with van der Waals surface area (Å²) >= 11 is 0. The zero-order valence-electron chi connectivity index (χ0n) is 14.2. The van der Waals surface area contributed by atoms with Gasteiger partial charge in [-0.15, -0.1) is 0 Å². The molecule has 0 saturated heterocycles. The number of rotatable bonds is 2. The molecule has 1 amide bonds. The summed E-state index contributed by atoms with van der Waals surface area (Å²) in [4.78, 5) is 18.0. The minimum absolute atomic E-state index is 0.0691. The summed E-state index contributed by atoms with van der Waals surface area (Å²) in [6.45, 7) is 1.30. The highest BCUT2D eigenvalue weighted by molar-refractivity contribution is 5.98. The van der Waals surface area contributed by atoms with Crippen LogP contribution in [0.3, 0.4) is 0 Å². The fraction of sp³-hybridized carbons (Fsp3) is 0.143. The van der Waals surface area contributed by atoms with Gasteiger partial charge in [0.1, 0.15) is 0 Å². The minimum Gasteiger partial charge on any atom is -0.361 e. The fourth-order valence-corrected chi connectivity index (χ4v) is 3.66. The van der Waals surface area contributed by atoms with Crippen molar-refractivity contribution in [3.63, 3.8) is 0 Å². The first-order valence-corrected chi connectivity index (χ1v) is 8.77. The Labute approximate surface area is 150 Å².